The van der Waals surface area contributed by atoms with E-state index in [1.807, 2.05) is 36.4 Å². The number of rotatable bonds is 4. The molecule has 0 saturated heterocycles. The average Bonchev–Trinajstić information content (AvgIpc) is 2.74. The lowest BCUT2D eigenvalue weighted by molar-refractivity contribution is -0.144. The highest BCUT2D eigenvalue weighted by Crippen LogP contribution is 2.46. The van der Waals surface area contributed by atoms with Crippen LogP contribution in [0.15, 0.2) is 54.6 Å². The summed E-state index contributed by atoms with van der Waals surface area (Å²) in [5, 5.41) is 2.00. The Morgan fingerprint density at radius 2 is 1.42 bits per heavy atom. The molecule has 0 amide bonds. The standard InChI is InChI=1S/C28H30O3/c1-18(30)31-26(22-9-8-20-14-19(17-29)6-7-21(20)15-22)23-10-11-24-25(16-23)28(4,5)13-12-27(24,2)3/h6-11,14-17,26H,12-13H2,1-5H3. The van der Waals surface area contributed by atoms with E-state index in [-0.39, 0.29) is 16.8 Å². The molecule has 1 unspecified atom stereocenters. The average molecular weight is 415 g/mol. The van der Waals surface area contributed by atoms with Gasteiger partial charge in [0, 0.05) is 12.5 Å². The highest BCUT2D eigenvalue weighted by atomic mass is 16.5. The van der Waals surface area contributed by atoms with E-state index in [1.165, 1.54) is 18.1 Å². The van der Waals surface area contributed by atoms with Crippen LogP contribution in [0.1, 0.15) is 86.2 Å². The molecule has 1 aliphatic carbocycles. The van der Waals surface area contributed by atoms with Crippen LogP contribution in [-0.2, 0) is 20.4 Å². The van der Waals surface area contributed by atoms with Crippen molar-refractivity contribution in [3.05, 3.63) is 82.4 Å². The molecular weight excluding hydrogens is 384 g/mol. The van der Waals surface area contributed by atoms with Crippen LogP contribution in [0.2, 0.25) is 0 Å². The Balaban J connectivity index is 1.83. The van der Waals surface area contributed by atoms with Gasteiger partial charge in [0.1, 0.15) is 6.29 Å². The zero-order valence-corrected chi connectivity index (χ0v) is 19.0. The molecule has 3 nitrogen and oxygen atoms in total. The van der Waals surface area contributed by atoms with E-state index in [1.54, 1.807) is 0 Å². The Labute approximate surface area is 184 Å². The molecule has 160 valence electrons. The highest BCUT2D eigenvalue weighted by Gasteiger charge is 2.37. The molecule has 0 spiro atoms. The molecule has 1 atom stereocenters. The number of esters is 1. The van der Waals surface area contributed by atoms with Crippen molar-refractivity contribution in [1.29, 1.82) is 0 Å². The van der Waals surface area contributed by atoms with Crippen molar-refractivity contribution in [2.24, 2.45) is 0 Å². The maximum absolute atomic E-state index is 12.0. The van der Waals surface area contributed by atoms with Gasteiger partial charge in [0.25, 0.3) is 0 Å². The Bertz CT molecular complexity index is 1170. The summed E-state index contributed by atoms with van der Waals surface area (Å²) < 4.78 is 5.83. The van der Waals surface area contributed by atoms with Gasteiger partial charge in [-0.05, 0) is 68.8 Å². The van der Waals surface area contributed by atoms with E-state index in [9.17, 15) is 9.59 Å². The maximum Gasteiger partial charge on any atom is 0.303 e. The van der Waals surface area contributed by atoms with E-state index in [4.69, 9.17) is 4.74 Å². The third-order valence-corrected chi connectivity index (χ3v) is 6.79. The monoisotopic (exact) mass is 414 g/mol. The first-order chi connectivity index (χ1) is 14.6. The summed E-state index contributed by atoms with van der Waals surface area (Å²) in [7, 11) is 0. The minimum Gasteiger partial charge on any atom is -0.453 e. The molecule has 0 aliphatic heterocycles. The van der Waals surface area contributed by atoms with E-state index in [0.29, 0.717) is 5.56 Å². The van der Waals surface area contributed by atoms with Gasteiger partial charge in [-0.25, -0.2) is 0 Å². The molecule has 0 aromatic heterocycles. The fraction of sp³-hybridized carbons (Fsp3) is 0.357. The van der Waals surface area contributed by atoms with Crippen LogP contribution in [0.5, 0.6) is 0 Å². The van der Waals surface area contributed by atoms with Crippen molar-refractivity contribution < 1.29 is 14.3 Å². The van der Waals surface area contributed by atoms with Crippen LogP contribution in [0.4, 0.5) is 0 Å². The first kappa shape index (κ1) is 21.3. The summed E-state index contributed by atoms with van der Waals surface area (Å²) >= 11 is 0. The lowest BCUT2D eigenvalue weighted by Gasteiger charge is -2.42. The van der Waals surface area contributed by atoms with Crippen LogP contribution < -0.4 is 0 Å². The number of carbonyl (C=O) groups excluding carboxylic acids is 2. The summed E-state index contributed by atoms with van der Waals surface area (Å²) in [5.74, 6) is -0.307. The lowest BCUT2D eigenvalue weighted by atomic mass is 9.63. The van der Waals surface area contributed by atoms with Gasteiger partial charge in [-0.3, -0.25) is 9.59 Å². The van der Waals surface area contributed by atoms with Gasteiger partial charge in [0.15, 0.2) is 6.10 Å². The fourth-order valence-corrected chi connectivity index (χ4v) is 4.78. The number of aldehydes is 1. The van der Waals surface area contributed by atoms with Crippen molar-refractivity contribution in [2.45, 2.75) is 64.4 Å². The van der Waals surface area contributed by atoms with Gasteiger partial charge in [0.05, 0.1) is 0 Å². The summed E-state index contributed by atoms with van der Waals surface area (Å²) in [6.07, 6.45) is 2.67. The third-order valence-electron chi connectivity index (χ3n) is 6.79. The first-order valence-electron chi connectivity index (χ1n) is 10.9. The van der Waals surface area contributed by atoms with Crippen LogP contribution in [0.3, 0.4) is 0 Å². The summed E-state index contributed by atoms with van der Waals surface area (Å²) in [6.45, 7) is 10.7. The molecule has 0 heterocycles. The second-order valence-electron chi connectivity index (χ2n) is 10.0. The molecule has 4 rings (SSSR count). The summed E-state index contributed by atoms with van der Waals surface area (Å²) in [6, 6.07) is 18.2. The van der Waals surface area contributed by atoms with E-state index in [0.717, 1.165) is 41.0 Å². The SMILES string of the molecule is CC(=O)OC(c1ccc2c(c1)C(C)(C)CCC2(C)C)c1ccc2cc(C=O)ccc2c1. The van der Waals surface area contributed by atoms with Crippen molar-refractivity contribution in [1.82, 2.24) is 0 Å². The predicted octanol–water partition coefficient (Wildman–Crippen LogP) is 6.65. The highest BCUT2D eigenvalue weighted by molar-refractivity contribution is 5.89. The molecule has 31 heavy (non-hydrogen) atoms. The number of ether oxygens (including phenoxy) is 1. The van der Waals surface area contributed by atoms with Gasteiger partial charge in [0.2, 0.25) is 0 Å². The summed E-state index contributed by atoms with van der Waals surface area (Å²) in [4.78, 5) is 23.1. The predicted molar refractivity (Wildman–Crippen MR) is 125 cm³/mol. The maximum atomic E-state index is 12.0. The Morgan fingerprint density at radius 3 is 2.10 bits per heavy atom. The normalized spacial score (nSPS) is 17.6. The zero-order valence-electron chi connectivity index (χ0n) is 19.0. The second kappa shape index (κ2) is 7.64. The fourth-order valence-electron chi connectivity index (χ4n) is 4.78. The van der Waals surface area contributed by atoms with E-state index < -0.39 is 6.10 Å². The molecule has 0 radical (unpaired) electrons. The molecule has 1 aliphatic rings. The molecule has 3 heteroatoms. The quantitative estimate of drug-likeness (QED) is 0.354. The number of benzene rings is 3. The lowest BCUT2D eigenvalue weighted by Crippen LogP contribution is -2.34. The second-order valence-corrected chi connectivity index (χ2v) is 10.0. The molecule has 0 bridgehead atoms. The van der Waals surface area contributed by atoms with Gasteiger partial charge < -0.3 is 4.74 Å². The Hall–Kier alpha value is -2.94. The zero-order chi connectivity index (χ0) is 22.4. The van der Waals surface area contributed by atoms with Gasteiger partial charge in [-0.1, -0.05) is 70.2 Å². The van der Waals surface area contributed by atoms with Crippen molar-refractivity contribution in [3.63, 3.8) is 0 Å². The topological polar surface area (TPSA) is 43.4 Å². The van der Waals surface area contributed by atoms with Crippen LogP contribution in [0, 0.1) is 0 Å². The van der Waals surface area contributed by atoms with E-state index >= 15 is 0 Å². The van der Waals surface area contributed by atoms with Crippen LogP contribution in [0.25, 0.3) is 10.8 Å². The minimum atomic E-state index is -0.473. The minimum absolute atomic E-state index is 0.0796. The molecule has 3 aromatic carbocycles. The Kier molecular flexibility index (Phi) is 5.25. The number of fused-ring (bicyclic) bond motifs is 2. The van der Waals surface area contributed by atoms with E-state index in [2.05, 4.69) is 45.9 Å². The molecule has 0 N–H and O–H groups in total. The third kappa shape index (κ3) is 4.01. The largest absolute Gasteiger partial charge is 0.453 e. The van der Waals surface area contributed by atoms with Gasteiger partial charge in [-0.2, -0.15) is 0 Å². The molecule has 0 fully saturated rings. The van der Waals surface area contributed by atoms with Crippen molar-refractivity contribution >= 4 is 23.0 Å². The van der Waals surface area contributed by atoms with Crippen molar-refractivity contribution in [2.75, 3.05) is 0 Å². The Morgan fingerprint density at radius 1 is 0.839 bits per heavy atom. The van der Waals surface area contributed by atoms with Gasteiger partial charge >= 0.3 is 5.97 Å². The number of hydrogen-bond acceptors (Lipinski definition) is 3. The molecular formula is C28H30O3. The van der Waals surface area contributed by atoms with Gasteiger partial charge in [-0.15, -0.1) is 0 Å². The van der Waals surface area contributed by atoms with Crippen LogP contribution in [-0.4, -0.2) is 12.3 Å². The smallest absolute Gasteiger partial charge is 0.303 e. The molecule has 3 aromatic rings. The summed E-state index contributed by atoms with van der Waals surface area (Å²) in [5.41, 5.74) is 5.51. The first-order valence-corrected chi connectivity index (χ1v) is 10.9. The molecule has 0 saturated carbocycles. The van der Waals surface area contributed by atoms with Crippen LogP contribution >= 0.6 is 0 Å². The van der Waals surface area contributed by atoms with Crippen molar-refractivity contribution in [3.8, 4) is 0 Å². The number of hydrogen-bond donors (Lipinski definition) is 0. The number of carbonyl (C=O) groups is 2.